The maximum absolute atomic E-state index is 13.0. The topological polar surface area (TPSA) is 66.5 Å². The third-order valence-corrected chi connectivity index (χ3v) is 7.90. The average molecular weight is 477 g/mol. The van der Waals surface area contributed by atoms with Crippen molar-refractivity contribution in [2.24, 2.45) is 5.92 Å². The number of carbonyl (C=O) groups is 1. The molecule has 1 N–H and O–H groups in total. The molecule has 1 fully saturated rings. The van der Waals surface area contributed by atoms with Crippen molar-refractivity contribution in [1.29, 1.82) is 0 Å². The summed E-state index contributed by atoms with van der Waals surface area (Å²) in [5, 5.41) is 5.85. The van der Waals surface area contributed by atoms with E-state index in [1.54, 1.807) is 12.1 Å². The number of anilines is 1. The summed E-state index contributed by atoms with van der Waals surface area (Å²) in [7, 11) is -3.61. The Morgan fingerprint density at radius 1 is 1.03 bits per heavy atom. The largest absolute Gasteiger partial charge is 0.326 e. The van der Waals surface area contributed by atoms with Crippen molar-refractivity contribution in [3.8, 4) is 0 Å². The molecule has 0 aliphatic carbocycles. The number of fused-ring (bicyclic) bond motifs is 1. The number of nitrogens with zero attached hydrogens (tertiary/aromatic N) is 1. The molecule has 0 saturated carbocycles. The standard InChI is InChI=1S/C23H22Cl2N2O3S/c24-20-9-7-19(22(25)13-20)15-31(29,30)27-11-3-6-18(14-27)23(28)26-21-10-8-16-4-1-2-5-17(16)12-21/h1-2,4-5,7-10,12-13,18H,3,6,11,14-15H2,(H,26,28)/t18-/m1/s1. The van der Waals surface area contributed by atoms with Gasteiger partial charge in [-0.05, 0) is 53.4 Å². The Morgan fingerprint density at radius 3 is 2.58 bits per heavy atom. The van der Waals surface area contributed by atoms with E-state index in [4.69, 9.17) is 23.2 Å². The first-order chi connectivity index (χ1) is 14.8. The van der Waals surface area contributed by atoms with E-state index in [1.165, 1.54) is 10.4 Å². The number of sulfonamides is 1. The first kappa shape index (κ1) is 22.1. The Balaban J connectivity index is 1.44. The molecule has 3 aromatic carbocycles. The van der Waals surface area contributed by atoms with Crippen molar-refractivity contribution in [2.45, 2.75) is 18.6 Å². The van der Waals surface area contributed by atoms with Gasteiger partial charge in [-0.25, -0.2) is 12.7 Å². The van der Waals surface area contributed by atoms with Crippen molar-refractivity contribution in [3.63, 3.8) is 0 Å². The number of carbonyl (C=O) groups excluding carboxylic acids is 1. The zero-order chi connectivity index (χ0) is 22.0. The average Bonchev–Trinajstić information content (AvgIpc) is 2.76. The minimum atomic E-state index is -3.61. The van der Waals surface area contributed by atoms with Crippen LogP contribution in [0.3, 0.4) is 0 Å². The van der Waals surface area contributed by atoms with Crippen molar-refractivity contribution in [1.82, 2.24) is 4.31 Å². The fraction of sp³-hybridized carbons (Fsp3) is 0.261. The summed E-state index contributed by atoms with van der Waals surface area (Å²) >= 11 is 12.1. The number of piperidine rings is 1. The van der Waals surface area contributed by atoms with Crippen LogP contribution in [0.2, 0.25) is 10.0 Å². The summed E-state index contributed by atoms with van der Waals surface area (Å²) in [6.07, 6.45) is 1.27. The number of hydrogen-bond donors (Lipinski definition) is 1. The second-order valence-electron chi connectivity index (χ2n) is 7.74. The van der Waals surface area contributed by atoms with Crippen LogP contribution in [0.4, 0.5) is 5.69 Å². The Morgan fingerprint density at radius 2 is 1.81 bits per heavy atom. The van der Waals surface area contributed by atoms with Gasteiger partial charge >= 0.3 is 0 Å². The fourth-order valence-corrected chi connectivity index (χ4v) is 6.04. The summed E-state index contributed by atoms with van der Waals surface area (Å²) in [6, 6.07) is 18.4. The van der Waals surface area contributed by atoms with E-state index in [0.29, 0.717) is 40.7 Å². The van der Waals surface area contributed by atoms with Crippen molar-refractivity contribution in [2.75, 3.05) is 18.4 Å². The van der Waals surface area contributed by atoms with Gasteiger partial charge in [-0.15, -0.1) is 0 Å². The number of hydrogen-bond acceptors (Lipinski definition) is 3. The lowest BCUT2D eigenvalue weighted by Gasteiger charge is -2.31. The molecular weight excluding hydrogens is 455 g/mol. The predicted octanol–water partition coefficient (Wildman–Crippen LogP) is 5.33. The Bertz CT molecular complexity index is 1230. The normalized spacial score (nSPS) is 17.5. The van der Waals surface area contributed by atoms with Gasteiger partial charge in [0.25, 0.3) is 0 Å². The third kappa shape index (κ3) is 5.21. The molecule has 1 heterocycles. The van der Waals surface area contributed by atoms with Crippen LogP contribution in [0.15, 0.2) is 60.7 Å². The van der Waals surface area contributed by atoms with Gasteiger partial charge in [0.05, 0.1) is 11.7 Å². The highest BCUT2D eigenvalue weighted by molar-refractivity contribution is 7.88. The van der Waals surface area contributed by atoms with Crippen molar-refractivity contribution in [3.05, 3.63) is 76.3 Å². The van der Waals surface area contributed by atoms with E-state index in [9.17, 15) is 13.2 Å². The molecular formula is C23H22Cl2N2O3S. The van der Waals surface area contributed by atoms with E-state index in [1.807, 2.05) is 42.5 Å². The highest BCUT2D eigenvalue weighted by Crippen LogP contribution is 2.27. The van der Waals surface area contributed by atoms with Crippen LogP contribution in [-0.2, 0) is 20.6 Å². The lowest BCUT2D eigenvalue weighted by atomic mass is 9.98. The zero-order valence-electron chi connectivity index (χ0n) is 16.7. The van der Waals surface area contributed by atoms with E-state index in [2.05, 4.69) is 5.32 Å². The Kier molecular flexibility index (Phi) is 6.53. The molecule has 3 aromatic rings. The Hall–Kier alpha value is -2.12. The van der Waals surface area contributed by atoms with Crippen molar-refractivity contribution >= 4 is 55.6 Å². The molecule has 1 amide bonds. The van der Waals surface area contributed by atoms with Gasteiger partial charge in [0.1, 0.15) is 0 Å². The summed E-state index contributed by atoms with van der Waals surface area (Å²) in [6.45, 7) is 0.556. The van der Waals surface area contributed by atoms with E-state index < -0.39 is 15.9 Å². The molecule has 1 saturated heterocycles. The lowest BCUT2D eigenvalue weighted by molar-refractivity contribution is -0.120. The maximum atomic E-state index is 13.0. The number of nitrogens with one attached hydrogen (secondary N) is 1. The molecule has 0 spiro atoms. The van der Waals surface area contributed by atoms with E-state index >= 15 is 0 Å². The molecule has 0 bridgehead atoms. The van der Waals surface area contributed by atoms with Crippen LogP contribution in [0, 0.1) is 5.92 Å². The number of halogens is 2. The minimum absolute atomic E-state index is 0.160. The van der Waals surface area contributed by atoms with Gasteiger partial charge < -0.3 is 5.32 Å². The van der Waals surface area contributed by atoms with Gasteiger partial charge in [0.15, 0.2) is 0 Å². The lowest BCUT2D eigenvalue weighted by Crippen LogP contribution is -2.44. The second kappa shape index (κ2) is 9.17. The predicted molar refractivity (Wildman–Crippen MR) is 126 cm³/mol. The smallest absolute Gasteiger partial charge is 0.228 e. The van der Waals surface area contributed by atoms with E-state index in [0.717, 1.165) is 10.8 Å². The van der Waals surface area contributed by atoms with Crippen LogP contribution in [0.5, 0.6) is 0 Å². The summed E-state index contributed by atoms with van der Waals surface area (Å²) < 4.78 is 27.3. The summed E-state index contributed by atoms with van der Waals surface area (Å²) in [5.41, 5.74) is 1.20. The zero-order valence-corrected chi connectivity index (χ0v) is 19.1. The Labute approximate surface area is 192 Å². The molecule has 4 rings (SSSR count). The van der Waals surface area contributed by atoms with Crippen LogP contribution in [0.1, 0.15) is 18.4 Å². The molecule has 1 atom stereocenters. The highest BCUT2D eigenvalue weighted by Gasteiger charge is 2.32. The number of amides is 1. The van der Waals surface area contributed by atoms with Crippen LogP contribution in [-0.4, -0.2) is 31.7 Å². The van der Waals surface area contributed by atoms with Crippen molar-refractivity contribution < 1.29 is 13.2 Å². The molecule has 1 aliphatic rings. The molecule has 8 heteroatoms. The van der Waals surface area contributed by atoms with Gasteiger partial charge in [0, 0.05) is 28.8 Å². The monoisotopic (exact) mass is 476 g/mol. The minimum Gasteiger partial charge on any atom is -0.326 e. The molecule has 0 aromatic heterocycles. The maximum Gasteiger partial charge on any atom is 0.228 e. The number of benzene rings is 3. The highest BCUT2D eigenvalue weighted by atomic mass is 35.5. The second-order valence-corrected chi connectivity index (χ2v) is 10.6. The molecule has 31 heavy (non-hydrogen) atoms. The molecule has 0 radical (unpaired) electrons. The quantitative estimate of drug-likeness (QED) is 0.541. The van der Waals surface area contributed by atoms with Gasteiger partial charge in [0.2, 0.25) is 15.9 Å². The first-order valence-electron chi connectivity index (χ1n) is 10.0. The van der Waals surface area contributed by atoms with Gasteiger partial charge in [-0.1, -0.05) is 59.6 Å². The third-order valence-electron chi connectivity index (χ3n) is 5.52. The molecule has 1 aliphatic heterocycles. The van der Waals surface area contributed by atoms with Crippen LogP contribution < -0.4 is 5.32 Å². The van der Waals surface area contributed by atoms with E-state index in [-0.39, 0.29) is 18.2 Å². The molecule has 162 valence electrons. The summed E-state index contributed by atoms with van der Waals surface area (Å²) in [4.78, 5) is 12.9. The van der Waals surface area contributed by atoms with Crippen LogP contribution in [0.25, 0.3) is 10.8 Å². The summed E-state index contributed by atoms with van der Waals surface area (Å²) in [5.74, 6) is -0.794. The molecule has 0 unspecified atom stereocenters. The van der Waals surface area contributed by atoms with Gasteiger partial charge in [-0.3, -0.25) is 4.79 Å². The molecule has 5 nitrogen and oxygen atoms in total. The first-order valence-corrected chi connectivity index (χ1v) is 12.4. The van der Waals surface area contributed by atoms with Gasteiger partial charge in [-0.2, -0.15) is 0 Å². The fourth-order valence-electron chi connectivity index (χ4n) is 3.85. The SMILES string of the molecule is O=C(Nc1ccc2ccccc2c1)[C@@H]1CCCN(S(=O)(=O)Cc2ccc(Cl)cc2Cl)C1. The van der Waals surface area contributed by atoms with Crippen LogP contribution >= 0.6 is 23.2 Å². The number of rotatable bonds is 5.